The van der Waals surface area contributed by atoms with Crippen LogP contribution in [0.1, 0.15) is 39.0 Å². The summed E-state index contributed by atoms with van der Waals surface area (Å²) in [5, 5.41) is 6.23. The van der Waals surface area contributed by atoms with E-state index in [0.29, 0.717) is 10.2 Å². The first-order valence-corrected chi connectivity index (χ1v) is 7.92. The second-order valence-electron chi connectivity index (χ2n) is 5.82. The summed E-state index contributed by atoms with van der Waals surface area (Å²) in [6, 6.07) is 3.06. The molecule has 1 heterocycles. The van der Waals surface area contributed by atoms with E-state index in [1.54, 1.807) is 6.07 Å². The molecule has 0 bridgehead atoms. The molecule has 1 fully saturated rings. The number of hydrogen-bond acceptors (Lipinski definition) is 2. The van der Waals surface area contributed by atoms with Crippen LogP contribution in [0.4, 0.5) is 15.8 Å². The van der Waals surface area contributed by atoms with Gasteiger partial charge in [-0.05, 0) is 53.6 Å². The van der Waals surface area contributed by atoms with Gasteiger partial charge in [0.15, 0.2) is 0 Å². The maximum atomic E-state index is 13.5. The Balaban J connectivity index is 1.89. The molecular formula is C15H18BrFN2O. The molecule has 0 saturated heterocycles. The Bertz CT molecular complexity index is 553. The van der Waals surface area contributed by atoms with Gasteiger partial charge in [0, 0.05) is 6.07 Å². The van der Waals surface area contributed by atoms with Gasteiger partial charge in [0.2, 0.25) is 5.91 Å². The average molecular weight is 341 g/mol. The Hall–Kier alpha value is -1.10. The topological polar surface area (TPSA) is 41.1 Å². The lowest BCUT2D eigenvalue weighted by atomic mass is 9.74. The van der Waals surface area contributed by atoms with E-state index >= 15 is 0 Å². The summed E-state index contributed by atoms with van der Waals surface area (Å²) in [6.07, 6.45) is 4.98. The van der Waals surface area contributed by atoms with Crippen LogP contribution < -0.4 is 10.6 Å². The number of anilines is 2. The van der Waals surface area contributed by atoms with Gasteiger partial charge in [0.1, 0.15) is 11.4 Å². The first-order valence-electron chi connectivity index (χ1n) is 7.13. The second kappa shape index (κ2) is 5.02. The van der Waals surface area contributed by atoms with E-state index in [1.807, 2.05) is 0 Å². The highest BCUT2D eigenvalue weighted by molar-refractivity contribution is 9.10. The van der Waals surface area contributed by atoms with Crippen molar-refractivity contribution in [3.63, 3.8) is 0 Å². The van der Waals surface area contributed by atoms with E-state index in [9.17, 15) is 9.18 Å². The minimum Gasteiger partial charge on any atom is -0.369 e. The minimum atomic E-state index is -0.518. The van der Waals surface area contributed by atoms with Crippen LogP contribution >= 0.6 is 15.9 Å². The molecule has 0 aromatic heterocycles. The summed E-state index contributed by atoms with van der Waals surface area (Å²) in [5.74, 6) is 0.328. The number of carbonyl (C=O) groups excluding carboxylic acids is 1. The molecule has 1 aliphatic heterocycles. The Morgan fingerprint density at radius 2 is 2.05 bits per heavy atom. The standard InChI is InChI=1S/C15H18BrFN2O/c1-2-9-3-5-15(6-4-9)14(20)18-12-8-11(17)10(16)7-13(12)19-15/h7-9,19H,2-6H2,1H3,(H,18,20). The molecule has 1 aliphatic carbocycles. The van der Waals surface area contributed by atoms with Crippen molar-refractivity contribution in [1.29, 1.82) is 0 Å². The summed E-state index contributed by atoms with van der Waals surface area (Å²) in [4.78, 5) is 12.4. The summed E-state index contributed by atoms with van der Waals surface area (Å²) < 4.78 is 14.0. The van der Waals surface area contributed by atoms with E-state index in [4.69, 9.17) is 0 Å². The van der Waals surface area contributed by atoms with Crippen LogP contribution in [0.3, 0.4) is 0 Å². The highest BCUT2D eigenvalue weighted by atomic mass is 79.9. The molecule has 20 heavy (non-hydrogen) atoms. The third-order valence-electron chi connectivity index (χ3n) is 4.65. The SMILES string of the molecule is CCC1CCC2(CC1)Nc1cc(Br)c(F)cc1NC2=O. The van der Waals surface area contributed by atoms with Crippen molar-refractivity contribution < 1.29 is 9.18 Å². The van der Waals surface area contributed by atoms with Crippen LogP contribution in [0, 0.1) is 11.7 Å². The van der Waals surface area contributed by atoms with Crippen molar-refractivity contribution >= 4 is 33.2 Å². The molecule has 1 spiro atoms. The highest BCUT2D eigenvalue weighted by Crippen LogP contribution is 2.42. The Labute approximate surface area is 126 Å². The molecule has 1 saturated carbocycles. The first-order chi connectivity index (χ1) is 9.54. The lowest BCUT2D eigenvalue weighted by molar-refractivity contribution is -0.121. The van der Waals surface area contributed by atoms with Crippen molar-refractivity contribution in [2.45, 2.75) is 44.6 Å². The van der Waals surface area contributed by atoms with Gasteiger partial charge in [-0.25, -0.2) is 4.39 Å². The molecule has 1 aromatic rings. The van der Waals surface area contributed by atoms with Crippen LogP contribution in [-0.4, -0.2) is 11.4 Å². The van der Waals surface area contributed by atoms with E-state index in [1.165, 1.54) is 12.5 Å². The molecule has 5 heteroatoms. The zero-order valence-corrected chi connectivity index (χ0v) is 13.0. The van der Waals surface area contributed by atoms with Gasteiger partial charge in [0.25, 0.3) is 0 Å². The van der Waals surface area contributed by atoms with Crippen molar-refractivity contribution in [2.24, 2.45) is 5.92 Å². The summed E-state index contributed by atoms with van der Waals surface area (Å²) in [7, 11) is 0. The molecule has 108 valence electrons. The van der Waals surface area contributed by atoms with Gasteiger partial charge < -0.3 is 10.6 Å². The summed E-state index contributed by atoms with van der Waals surface area (Å²) in [6.45, 7) is 2.20. The van der Waals surface area contributed by atoms with Gasteiger partial charge in [0.05, 0.1) is 15.8 Å². The highest BCUT2D eigenvalue weighted by Gasteiger charge is 2.44. The van der Waals surface area contributed by atoms with E-state index < -0.39 is 5.54 Å². The van der Waals surface area contributed by atoms with Gasteiger partial charge in [-0.1, -0.05) is 13.3 Å². The summed E-state index contributed by atoms with van der Waals surface area (Å²) >= 11 is 3.19. The van der Waals surface area contributed by atoms with Crippen molar-refractivity contribution in [2.75, 3.05) is 10.6 Å². The fourth-order valence-corrected chi connectivity index (χ4v) is 3.58. The lowest BCUT2D eigenvalue weighted by Gasteiger charge is -2.43. The molecule has 1 amide bonds. The quantitative estimate of drug-likeness (QED) is 0.800. The molecule has 0 radical (unpaired) electrons. The monoisotopic (exact) mass is 340 g/mol. The van der Waals surface area contributed by atoms with Gasteiger partial charge in [-0.3, -0.25) is 4.79 Å². The van der Waals surface area contributed by atoms with Crippen LogP contribution in [-0.2, 0) is 4.79 Å². The first kappa shape index (κ1) is 13.9. The molecule has 2 aliphatic rings. The molecule has 1 aromatic carbocycles. The predicted molar refractivity (Wildman–Crippen MR) is 81.3 cm³/mol. The third-order valence-corrected chi connectivity index (χ3v) is 5.26. The number of halogens is 2. The number of nitrogens with one attached hydrogen (secondary N) is 2. The number of benzene rings is 1. The Kier molecular flexibility index (Phi) is 3.48. The molecule has 3 rings (SSSR count). The molecule has 0 atom stereocenters. The van der Waals surface area contributed by atoms with Crippen molar-refractivity contribution in [3.8, 4) is 0 Å². The van der Waals surface area contributed by atoms with Crippen LogP contribution in [0.5, 0.6) is 0 Å². The Morgan fingerprint density at radius 3 is 2.70 bits per heavy atom. The fourth-order valence-electron chi connectivity index (χ4n) is 3.24. The smallest absolute Gasteiger partial charge is 0.250 e. The van der Waals surface area contributed by atoms with Gasteiger partial charge >= 0.3 is 0 Å². The van der Waals surface area contributed by atoms with Crippen molar-refractivity contribution in [1.82, 2.24) is 0 Å². The number of carbonyl (C=O) groups is 1. The summed E-state index contributed by atoms with van der Waals surface area (Å²) in [5.41, 5.74) is 0.808. The van der Waals surface area contributed by atoms with Crippen LogP contribution in [0.2, 0.25) is 0 Å². The maximum Gasteiger partial charge on any atom is 0.250 e. The molecular weight excluding hydrogens is 323 g/mol. The zero-order chi connectivity index (χ0) is 14.3. The number of fused-ring (bicyclic) bond motifs is 1. The average Bonchev–Trinajstić information content (AvgIpc) is 2.44. The number of rotatable bonds is 1. The largest absolute Gasteiger partial charge is 0.369 e. The second-order valence-corrected chi connectivity index (χ2v) is 6.68. The maximum absolute atomic E-state index is 13.5. The van der Waals surface area contributed by atoms with E-state index in [0.717, 1.165) is 37.3 Å². The van der Waals surface area contributed by atoms with E-state index in [2.05, 4.69) is 33.5 Å². The lowest BCUT2D eigenvalue weighted by Crippen LogP contribution is -2.54. The predicted octanol–water partition coefficient (Wildman–Crippen LogP) is 4.29. The normalized spacial score (nSPS) is 28.8. The van der Waals surface area contributed by atoms with Crippen LogP contribution in [0.15, 0.2) is 16.6 Å². The fraction of sp³-hybridized carbons (Fsp3) is 0.533. The van der Waals surface area contributed by atoms with Crippen molar-refractivity contribution in [3.05, 3.63) is 22.4 Å². The molecule has 0 unspecified atom stereocenters. The van der Waals surface area contributed by atoms with Gasteiger partial charge in [-0.15, -0.1) is 0 Å². The van der Waals surface area contributed by atoms with E-state index in [-0.39, 0.29) is 11.7 Å². The minimum absolute atomic E-state index is 0.0266. The number of hydrogen-bond donors (Lipinski definition) is 2. The van der Waals surface area contributed by atoms with Gasteiger partial charge in [-0.2, -0.15) is 0 Å². The molecule has 3 nitrogen and oxygen atoms in total. The Morgan fingerprint density at radius 1 is 1.35 bits per heavy atom. The van der Waals surface area contributed by atoms with Crippen LogP contribution in [0.25, 0.3) is 0 Å². The molecule has 2 N–H and O–H groups in total. The number of amides is 1. The zero-order valence-electron chi connectivity index (χ0n) is 11.4. The third kappa shape index (κ3) is 2.22.